The molecule has 0 unspecified atom stereocenters. The Kier molecular flexibility index (Phi) is 4.92. The minimum atomic E-state index is -0.620. The first kappa shape index (κ1) is 15.7. The highest BCUT2D eigenvalue weighted by Crippen LogP contribution is 2.22. The molecule has 2 rings (SSSR count). The Balaban J connectivity index is 2.28. The fraction of sp³-hybridized carbons (Fsp3) is 0.0588. The van der Waals surface area contributed by atoms with Crippen molar-refractivity contribution in [1.29, 1.82) is 5.26 Å². The summed E-state index contributed by atoms with van der Waals surface area (Å²) in [6, 6.07) is 13.0. The van der Waals surface area contributed by atoms with Crippen molar-refractivity contribution < 1.29 is 9.18 Å². The lowest BCUT2D eigenvalue weighted by Gasteiger charge is -2.05. The van der Waals surface area contributed by atoms with Crippen molar-refractivity contribution in [3.63, 3.8) is 0 Å². The molecule has 0 aliphatic carbocycles. The van der Waals surface area contributed by atoms with Crippen LogP contribution in [0.15, 0.2) is 48.0 Å². The number of aryl methyl sites for hydroxylation is 1. The van der Waals surface area contributed by atoms with Crippen molar-refractivity contribution in [3.05, 3.63) is 70.0 Å². The number of halogens is 2. The lowest BCUT2D eigenvalue weighted by molar-refractivity contribution is -0.112. The van der Waals surface area contributed by atoms with Crippen molar-refractivity contribution in [1.82, 2.24) is 0 Å². The summed E-state index contributed by atoms with van der Waals surface area (Å²) in [7, 11) is 0. The molecule has 2 aromatic carbocycles. The van der Waals surface area contributed by atoms with Gasteiger partial charge in [-0.25, -0.2) is 4.39 Å². The van der Waals surface area contributed by atoms with Gasteiger partial charge in [0.15, 0.2) is 0 Å². The molecule has 0 heterocycles. The van der Waals surface area contributed by atoms with Crippen LogP contribution < -0.4 is 5.32 Å². The molecule has 22 heavy (non-hydrogen) atoms. The van der Waals surface area contributed by atoms with Crippen LogP contribution in [0.3, 0.4) is 0 Å². The monoisotopic (exact) mass is 314 g/mol. The average Bonchev–Trinajstić information content (AvgIpc) is 2.49. The first-order valence-corrected chi connectivity index (χ1v) is 6.83. The van der Waals surface area contributed by atoms with E-state index in [-0.39, 0.29) is 16.2 Å². The van der Waals surface area contributed by atoms with Crippen molar-refractivity contribution >= 4 is 29.3 Å². The fourth-order valence-electron chi connectivity index (χ4n) is 1.78. The van der Waals surface area contributed by atoms with Gasteiger partial charge in [-0.2, -0.15) is 5.26 Å². The molecule has 2 aromatic rings. The Morgan fingerprint density at radius 1 is 1.27 bits per heavy atom. The van der Waals surface area contributed by atoms with Gasteiger partial charge in [-0.1, -0.05) is 35.4 Å². The van der Waals surface area contributed by atoms with Crippen LogP contribution in [0.25, 0.3) is 6.08 Å². The fourth-order valence-corrected chi connectivity index (χ4v) is 1.99. The number of rotatable bonds is 3. The highest BCUT2D eigenvalue weighted by atomic mass is 35.5. The molecule has 0 fully saturated rings. The summed E-state index contributed by atoms with van der Waals surface area (Å²) in [5.74, 6) is -1.21. The molecular weight excluding hydrogens is 303 g/mol. The zero-order valence-corrected chi connectivity index (χ0v) is 12.5. The van der Waals surface area contributed by atoms with Gasteiger partial charge in [-0.3, -0.25) is 4.79 Å². The second-order valence-electron chi connectivity index (χ2n) is 4.63. The lowest BCUT2D eigenvalue weighted by Crippen LogP contribution is -2.13. The van der Waals surface area contributed by atoms with Gasteiger partial charge in [-0.15, -0.1) is 0 Å². The summed E-state index contributed by atoms with van der Waals surface area (Å²) >= 11 is 5.89. The van der Waals surface area contributed by atoms with Crippen LogP contribution in [-0.2, 0) is 4.79 Å². The van der Waals surface area contributed by atoms with Gasteiger partial charge in [-0.05, 0) is 37.3 Å². The number of hydrogen-bond acceptors (Lipinski definition) is 2. The zero-order valence-electron chi connectivity index (χ0n) is 11.7. The number of amides is 1. The number of nitrogens with zero attached hydrogens (tertiary/aromatic N) is 1. The van der Waals surface area contributed by atoms with Crippen LogP contribution in [-0.4, -0.2) is 5.91 Å². The van der Waals surface area contributed by atoms with Crippen molar-refractivity contribution in [2.45, 2.75) is 6.92 Å². The number of carbonyl (C=O) groups excluding carboxylic acids is 1. The summed E-state index contributed by atoms with van der Waals surface area (Å²) < 4.78 is 13.7. The number of nitrogens with one attached hydrogen (secondary N) is 1. The standard InChI is InChI=1S/C17H12ClFN2O/c1-11-5-7-13(8-6-11)21-17(22)12(10-20)9-14-15(18)3-2-4-16(14)19/h2-9H,1H3,(H,21,22)/b12-9-. The Hall–Kier alpha value is -2.64. The molecule has 3 nitrogen and oxygen atoms in total. The van der Waals surface area contributed by atoms with E-state index in [1.165, 1.54) is 18.2 Å². The van der Waals surface area contributed by atoms with Crippen molar-refractivity contribution in [2.75, 3.05) is 5.32 Å². The van der Waals surface area contributed by atoms with Gasteiger partial charge in [0.25, 0.3) is 5.91 Å². The summed E-state index contributed by atoms with van der Waals surface area (Å²) in [4.78, 5) is 12.1. The highest BCUT2D eigenvalue weighted by Gasteiger charge is 2.12. The maximum absolute atomic E-state index is 13.7. The van der Waals surface area contributed by atoms with Gasteiger partial charge in [0.05, 0.1) is 5.02 Å². The minimum absolute atomic E-state index is 0.0137. The third-order valence-corrected chi connectivity index (χ3v) is 3.29. The third-order valence-electron chi connectivity index (χ3n) is 2.96. The molecule has 0 aliphatic rings. The molecule has 0 radical (unpaired) electrons. The van der Waals surface area contributed by atoms with E-state index in [1.54, 1.807) is 18.2 Å². The van der Waals surface area contributed by atoms with Gasteiger partial charge in [0, 0.05) is 11.3 Å². The predicted octanol–water partition coefficient (Wildman–Crippen LogP) is 4.33. The average molecular weight is 315 g/mol. The van der Waals surface area contributed by atoms with E-state index >= 15 is 0 Å². The highest BCUT2D eigenvalue weighted by molar-refractivity contribution is 6.32. The first-order chi connectivity index (χ1) is 10.5. The number of hydrogen-bond donors (Lipinski definition) is 1. The number of benzene rings is 2. The van der Waals surface area contributed by atoms with Crippen LogP contribution >= 0.6 is 11.6 Å². The summed E-state index contributed by atoms with van der Waals surface area (Å²) in [5, 5.41) is 11.8. The molecule has 0 aliphatic heterocycles. The van der Waals surface area contributed by atoms with Crippen LogP contribution in [0.4, 0.5) is 10.1 Å². The molecule has 0 bridgehead atoms. The van der Waals surface area contributed by atoms with Crippen LogP contribution in [0.1, 0.15) is 11.1 Å². The largest absolute Gasteiger partial charge is 0.321 e. The summed E-state index contributed by atoms with van der Waals surface area (Å²) in [6.45, 7) is 1.92. The predicted molar refractivity (Wildman–Crippen MR) is 84.8 cm³/mol. The quantitative estimate of drug-likeness (QED) is 0.677. The molecule has 0 spiro atoms. The van der Waals surface area contributed by atoms with E-state index in [0.717, 1.165) is 11.6 Å². The first-order valence-electron chi connectivity index (χ1n) is 6.45. The number of anilines is 1. The zero-order chi connectivity index (χ0) is 16.1. The van der Waals surface area contributed by atoms with E-state index in [2.05, 4.69) is 5.32 Å². The second-order valence-corrected chi connectivity index (χ2v) is 5.03. The van der Waals surface area contributed by atoms with E-state index in [9.17, 15) is 9.18 Å². The maximum Gasteiger partial charge on any atom is 0.266 e. The Bertz CT molecular complexity index is 756. The molecule has 0 atom stereocenters. The van der Waals surface area contributed by atoms with Gasteiger partial charge in [0.1, 0.15) is 17.5 Å². The molecule has 1 amide bonds. The normalized spacial score (nSPS) is 10.9. The van der Waals surface area contributed by atoms with E-state index in [4.69, 9.17) is 16.9 Å². The topological polar surface area (TPSA) is 52.9 Å². The smallest absolute Gasteiger partial charge is 0.266 e. The van der Waals surface area contributed by atoms with E-state index in [0.29, 0.717) is 5.69 Å². The Morgan fingerprint density at radius 2 is 1.95 bits per heavy atom. The van der Waals surface area contributed by atoms with Crippen LogP contribution in [0.2, 0.25) is 5.02 Å². The van der Waals surface area contributed by atoms with Gasteiger partial charge >= 0.3 is 0 Å². The van der Waals surface area contributed by atoms with E-state index in [1.807, 2.05) is 19.1 Å². The van der Waals surface area contributed by atoms with Crippen molar-refractivity contribution in [3.8, 4) is 6.07 Å². The van der Waals surface area contributed by atoms with Crippen LogP contribution in [0, 0.1) is 24.1 Å². The minimum Gasteiger partial charge on any atom is -0.321 e. The lowest BCUT2D eigenvalue weighted by atomic mass is 10.1. The molecule has 5 heteroatoms. The Morgan fingerprint density at radius 3 is 2.55 bits per heavy atom. The van der Waals surface area contributed by atoms with Gasteiger partial charge in [0.2, 0.25) is 0 Å². The summed E-state index contributed by atoms with van der Waals surface area (Å²) in [6.07, 6.45) is 1.14. The number of carbonyl (C=O) groups is 1. The molecule has 0 aromatic heterocycles. The second kappa shape index (κ2) is 6.88. The number of nitriles is 1. The SMILES string of the molecule is Cc1ccc(NC(=O)/C(C#N)=C\c2c(F)cccc2Cl)cc1. The molecular formula is C17H12ClFN2O. The molecule has 0 saturated heterocycles. The van der Waals surface area contributed by atoms with Crippen LogP contribution in [0.5, 0.6) is 0 Å². The van der Waals surface area contributed by atoms with Gasteiger partial charge < -0.3 is 5.32 Å². The van der Waals surface area contributed by atoms with E-state index < -0.39 is 11.7 Å². The molecule has 110 valence electrons. The maximum atomic E-state index is 13.7. The van der Waals surface area contributed by atoms with Crippen molar-refractivity contribution in [2.24, 2.45) is 0 Å². The Labute approximate surface area is 132 Å². The summed E-state index contributed by atoms with van der Waals surface area (Å²) in [5.41, 5.74) is 1.39. The third kappa shape index (κ3) is 3.72. The molecule has 1 N–H and O–H groups in total. The molecule has 0 saturated carbocycles.